The van der Waals surface area contributed by atoms with Gasteiger partial charge in [-0.15, -0.1) is 0 Å². The first kappa shape index (κ1) is 17.6. The molecule has 0 bridgehead atoms. The molecule has 0 spiro atoms. The number of aromatic nitrogens is 2. The van der Waals surface area contributed by atoms with E-state index in [1.165, 1.54) is 12.8 Å². The van der Waals surface area contributed by atoms with Crippen LogP contribution in [0, 0.1) is 0 Å². The number of carbonyl (C=O) groups excluding carboxylic acids is 1. The van der Waals surface area contributed by atoms with Crippen molar-refractivity contribution in [1.29, 1.82) is 0 Å². The molecule has 2 aliphatic rings. The van der Waals surface area contributed by atoms with Gasteiger partial charge in [-0.1, -0.05) is 12.1 Å². The Hall–Kier alpha value is -2.83. The van der Waals surface area contributed by atoms with E-state index in [2.05, 4.69) is 37.2 Å². The maximum atomic E-state index is 12.4. The van der Waals surface area contributed by atoms with Crippen LogP contribution in [0.3, 0.4) is 0 Å². The third kappa shape index (κ3) is 4.30. The van der Waals surface area contributed by atoms with Gasteiger partial charge in [0.15, 0.2) is 0 Å². The second kappa shape index (κ2) is 8.24. The fraction of sp³-hybridized carbons (Fsp3) is 0.450. The van der Waals surface area contributed by atoms with Gasteiger partial charge in [0.25, 0.3) is 0 Å². The van der Waals surface area contributed by atoms with Gasteiger partial charge in [-0.05, 0) is 36.6 Å². The number of amides is 2. The van der Waals surface area contributed by atoms with Crippen molar-refractivity contribution in [1.82, 2.24) is 20.2 Å². The lowest BCUT2D eigenvalue weighted by Crippen LogP contribution is -2.51. The third-order valence-corrected chi connectivity index (χ3v) is 5.22. The highest BCUT2D eigenvalue weighted by Gasteiger charge is 2.21. The Morgan fingerprint density at radius 2 is 1.63 bits per heavy atom. The van der Waals surface area contributed by atoms with Gasteiger partial charge in [-0.3, -0.25) is 0 Å². The average molecular weight is 366 g/mol. The molecule has 4 rings (SSSR count). The summed E-state index contributed by atoms with van der Waals surface area (Å²) in [4.78, 5) is 27.8. The van der Waals surface area contributed by atoms with Crippen LogP contribution in [0.5, 0.6) is 0 Å². The number of piperazine rings is 1. The van der Waals surface area contributed by atoms with E-state index in [1.807, 2.05) is 29.3 Å². The van der Waals surface area contributed by atoms with Gasteiger partial charge in [0.1, 0.15) is 11.6 Å². The molecule has 27 heavy (non-hydrogen) atoms. The molecule has 2 aromatic rings. The lowest BCUT2D eigenvalue weighted by Gasteiger charge is -2.35. The molecule has 7 heteroatoms. The highest BCUT2D eigenvalue weighted by Crippen LogP contribution is 2.17. The van der Waals surface area contributed by atoms with Gasteiger partial charge in [0.05, 0.1) is 0 Å². The van der Waals surface area contributed by atoms with Crippen molar-refractivity contribution < 1.29 is 4.79 Å². The van der Waals surface area contributed by atoms with Crippen LogP contribution in [0.15, 0.2) is 42.7 Å². The van der Waals surface area contributed by atoms with Crippen molar-refractivity contribution in [3.63, 3.8) is 0 Å². The van der Waals surface area contributed by atoms with Gasteiger partial charge < -0.3 is 20.0 Å². The normalized spacial score (nSPS) is 17.3. The molecule has 4 heterocycles. The Bertz CT molecular complexity index is 737. The zero-order valence-corrected chi connectivity index (χ0v) is 15.5. The molecule has 0 aromatic carbocycles. The largest absolute Gasteiger partial charge is 0.357 e. The molecule has 7 nitrogen and oxygen atoms in total. The number of rotatable bonds is 4. The van der Waals surface area contributed by atoms with Gasteiger partial charge in [-0.2, -0.15) is 0 Å². The van der Waals surface area contributed by atoms with E-state index in [1.54, 1.807) is 6.20 Å². The van der Waals surface area contributed by atoms with E-state index < -0.39 is 0 Å². The molecule has 0 atom stereocenters. The van der Waals surface area contributed by atoms with Crippen LogP contribution >= 0.6 is 0 Å². The number of hydrogen-bond donors (Lipinski definition) is 1. The van der Waals surface area contributed by atoms with Crippen LogP contribution in [-0.2, 0) is 6.54 Å². The molecule has 2 aromatic heterocycles. The molecular formula is C20H26N6O. The maximum Gasteiger partial charge on any atom is 0.317 e. The number of anilines is 2. The average Bonchev–Trinajstić information content (AvgIpc) is 3.28. The van der Waals surface area contributed by atoms with Crippen molar-refractivity contribution in [2.75, 3.05) is 49.1 Å². The molecule has 2 amide bonds. The molecule has 0 unspecified atom stereocenters. The second-order valence-electron chi connectivity index (χ2n) is 7.04. The van der Waals surface area contributed by atoms with Crippen LogP contribution in [0.4, 0.5) is 16.4 Å². The lowest BCUT2D eigenvalue weighted by atomic mass is 10.2. The molecule has 142 valence electrons. The highest BCUT2D eigenvalue weighted by atomic mass is 16.2. The molecular weight excluding hydrogens is 340 g/mol. The minimum absolute atomic E-state index is 0.0145. The van der Waals surface area contributed by atoms with Crippen molar-refractivity contribution in [3.05, 3.63) is 48.3 Å². The standard InChI is InChI=1S/C20H26N6O/c27-20(26-13-11-25(12-14-26)18-5-1-2-8-21-18)23-16-17-6-7-19(22-15-17)24-9-3-4-10-24/h1-2,5-8,15H,3-4,9-14,16H2,(H,23,27). The van der Waals surface area contributed by atoms with Crippen LogP contribution in [0.2, 0.25) is 0 Å². The highest BCUT2D eigenvalue weighted by molar-refractivity contribution is 5.74. The Morgan fingerprint density at radius 1 is 0.889 bits per heavy atom. The van der Waals surface area contributed by atoms with E-state index in [9.17, 15) is 4.79 Å². The van der Waals surface area contributed by atoms with Crippen LogP contribution in [0.25, 0.3) is 0 Å². The van der Waals surface area contributed by atoms with E-state index in [0.29, 0.717) is 19.6 Å². The third-order valence-electron chi connectivity index (χ3n) is 5.22. The van der Waals surface area contributed by atoms with Crippen molar-refractivity contribution in [3.8, 4) is 0 Å². The molecule has 2 fully saturated rings. The zero-order valence-electron chi connectivity index (χ0n) is 15.5. The second-order valence-corrected chi connectivity index (χ2v) is 7.04. The number of urea groups is 1. The minimum Gasteiger partial charge on any atom is -0.357 e. The predicted molar refractivity (Wildman–Crippen MR) is 106 cm³/mol. The minimum atomic E-state index is -0.0145. The summed E-state index contributed by atoms with van der Waals surface area (Å²) < 4.78 is 0. The van der Waals surface area contributed by atoms with Gasteiger partial charge in [0.2, 0.25) is 0 Å². The van der Waals surface area contributed by atoms with E-state index in [-0.39, 0.29) is 6.03 Å². The molecule has 2 saturated heterocycles. The maximum absolute atomic E-state index is 12.4. The lowest BCUT2D eigenvalue weighted by molar-refractivity contribution is 0.194. The Morgan fingerprint density at radius 3 is 2.30 bits per heavy atom. The number of nitrogens with zero attached hydrogens (tertiary/aromatic N) is 5. The van der Waals surface area contributed by atoms with Crippen molar-refractivity contribution in [2.45, 2.75) is 19.4 Å². The monoisotopic (exact) mass is 366 g/mol. The fourth-order valence-electron chi connectivity index (χ4n) is 3.62. The molecule has 0 radical (unpaired) electrons. The first-order valence-electron chi connectivity index (χ1n) is 9.68. The van der Waals surface area contributed by atoms with E-state index in [4.69, 9.17) is 0 Å². The summed E-state index contributed by atoms with van der Waals surface area (Å²) in [6.45, 7) is 5.70. The first-order valence-corrected chi connectivity index (χ1v) is 9.68. The Kier molecular flexibility index (Phi) is 5.37. The summed E-state index contributed by atoms with van der Waals surface area (Å²) in [6.07, 6.45) is 6.16. The van der Waals surface area contributed by atoms with Gasteiger partial charge in [0, 0.05) is 58.2 Å². The summed E-state index contributed by atoms with van der Waals surface area (Å²) in [6, 6.07) is 10.0. The quantitative estimate of drug-likeness (QED) is 0.898. The van der Waals surface area contributed by atoms with E-state index >= 15 is 0 Å². The van der Waals surface area contributed by atoms with Crippen LogP contribution in [-0.4, -0.2) is 60.2 Å². The predicted octanol–water partition coefficient (Wildman–Crippen LogP) is 2.11. The smallest absolute Gasteiger partial charge is 0.317 e. The summed E-state index contributed by atoms with van der Waals surface area (Å²) in [7, 11) is 0. The fourth-order valence-corrected chi connectivity index (χ4v) is 3.62. The number of nitrogens with one attached hydrogen (secondary N) is 1. The van der Waals surface area contributed by atoms with Crippen molar-refractivity contribution in [2.24, 2.45) is 0 Å². The summed E-state index contributed by atoms with van der Waals surface area (Å²) in [5, 5.41) is 3.01. The summed E-state index contributed by atoms with van der Waals surface area (Å²) in [5.74, 6) is 2.01. The van der Waals surface area contributed by atoms with Crippen LogP contribution in [0.1, 0.15) is 18.4 Å². The van der Waals surface area contributed by atoms with Gasteiger partial charge in [-0.25, -0.2) is 14.8 Å². The number of pyridine rings is 2. The number of carbonyl (C=O) groups is 1. The molecule has 1 N–H and O–H groups in total. The Labute approximate surface area is 160 Å². The van der Waals surface area contributed by atoms with E-state index in [0.717, 1.165) is 43.4 Å². The molecule has 2 aliphatic heterocycles. The summed E-state index contributed by atoms with van der Waals surface area (Å²) in [5.41, 5.74) is 1.03. The number of hydrogen-bond acceptors (Lipinski definition) is 5. The summed E-state index contributed by atoms with van der Waals surface area (Å²) >= 11 is 0. The van der Waals surface area contributed by atoms with Crippen LogP contribution < -0.4 is 15.1 Å². The Balaban J connectivity index is 1.24. The molecule has 0 saturated carbocycles. The topological polar surface area (TPSA) is 64.6 Å². The first-order chi connectivity index (χ1) is 13.3. The molecule has 0 aliphatic carbocycles. The zero-order chi connectivity index (χ0) is 18.5. The van der Waals surface area contributed by atoms with Crippen molar-refractivity contribution >= 4 is 17.7 Å². The SMILES string of the molecule is O=C(NCc1ccc(N2CCCC2)nc1)N1CCN(c2ccccn2)CC1. The van der Waals surface area contributed by atoms with Gasteiger partial charge >= 0.3 is 6.03 Å².